The van der Waals surface area contributed by atoms with Gasteiger partial charge in [0.05, 0.1) is 5.34 Å². The maximum Gasteiger partial charge on any atom is 0.0778 e. The highest BCUT2D eigenvalue weighted by molar-refractivity contribution is 7.18. The molecule has 1 N–H and O–H groups in total. The van der Waals surface area contributed by atoms with E-state index in [0.717, 1.165) is 18.8 Å². The highest BCUT2D eigenvalue weighted by Crippen LogP contribution is 2.33. The molecular weight excluding hydrogens is 155 g/mol. The molecule has 0 radical (unpaired) electrons. The second-order valence-electron chi connectivity index (χ2n) is 3.99. The van der Waals surface area contributed by atoms with Gasteiger partial charge in [0.25, 0.3) is 0 Å². The summed E-state index contributed by atoms with van der Waals surface area (Å²) in [7, 11) is 2.59. The van der Waals surface area contributed by atoms with Crippen molar-refractivity contribution in [2.45, 2.75) is 50.8 Å². The molecule has 11 heavy (non-hydrogen) atoms. The van der Waals surface area contributed by atoms with Crippen LogP contribution < -0.4 is 0 Å². The first-order valence-electron chi connectivity index (χ1n) is 4.61. The summed E-state index contributed by atoms with van der Waals surface area (Å²) in [4.78, 5) is 0. The van der Waals surface area contributed by atoms with Crippen LogP contribution in [-0.4, -0.2) is 10.4 Å². The molecule has 0 aromatic rings. The van der Waals surface area contributed by atoms with Gasteiger partial charge >= 0.3 is 0 Å². The van der Waals surface area contributed by atoms with E-state index in [1.165, 1.54) is 25.7 Å². The normalized spacial score (nSPS) is 41.2. The standard InChI is InChI=1S/C9H19OP/c1-8-4-2-3-6-9(10,11)7-5-8/h8,10H,2-7,11H2,1H3. The van der Waals surface area contributed by atoms with Gasteiger partial charge in [-0.05, 0) is 25.2 Å². The smallest absolute Gasteiger partial charge is 0.0778 e. The Morgan fingerprint density at radius 1 is 1.27 bits per heavy atom. The van der Waals surface area contributed by atoms with Crippen LogP contribution in [0, 0.1) is 5.92 Å². The second-order valence-corrected chi connectivity index (χ2v) is 5.07. The zero-order valence-corrected chi connectivity index (χ0v) is 8.50. The van der Waals surface area contributed by atoms with Crippen molar-refractivity contribution in [2.75, 3.05) is 0 Å². The molecule has 1 aliphatic carbocycles. The molecule has 0 heterocycles. The predicted molar refractivity (Wildman–Crippen MR) is 51.5 cm³/mol. The van der Waals surface area contributed by atoms with Crippen LogP contribution in [0.5, 0.6) is 0 Å². The minimum atomic E-state index is -0.450. The zero-order chi connectivity index (χ0) is 8.32. The molecule has 1 saturated carbocycles. The third kappa shape index (κ3) is 3.53. The molecule has 0 aliphatic heterocycles. The molecule has 1 fully saturated rings. The average Bonchev–Trinajstić information content (AvgIpc) is 1.92. The molecule has 0 spiro atoms. The van der Waals surface area contributed by atoms with Gasteiger partial charge in [-0.3, -0.25) is 0 Å². The fraction of sp³-hybridized carbons (Fsp3) is 1.00. The molecular formula is C9H19OP. The Morgan fingerprint density at radius 3 is 2.73 bits per heavy atom. The van der Waals surface area contributed by atoms with E-state index >= 15 is 0 Å². The summed E-state index contributed by atoms with van der Waals surface area (Å²) >= 11 is 0. The summed E-state index contributed by atoms with van der Waals surface area (Å²) in [5.74, 6) is 0.808. The number of rotatable bonds is 0. The van der Waals surface area contributed by atoms with Crippen LogP contribution >= 0.6 is 9.24 Å². The van der Waals surface area contributed by atoms with E-state index in [1.807, 2.05) is 0 Å². The van der Waals surface area contributed by atoms with E-state index in [0.29, 0.717) is 0 Å². The van der Waals surface area contributed by atoms with Gasteiger partial charge in [0.2, 0.25) is 0 Å². The second kappa shape index (κ2) is 3.87. The molecule has 0 saturated heterocycles. The molecule has 1 aliphatic rings. The van der Waals surface area contributed by atoms with Crippen molar-refractivity contribution in [3.63, 3.8) is 0 Å². The molecule has 3 unspecified atom stereocenters. The lowest BCUT2D eigenvalue weighted by molar-refractivity contribution is 0.0972. The third-order valence-electron chi connectivity index (χ3n) is 2.63. The van der Waals surface area contributed by atoms with Crippen LogP contribution in [0.2, 0.25) is 0 Å². The maximum absolute atomic E-state index is 9.76. The molecule has 0 bridgehead atoms. The van der Waals surface area contributed by atoms with Gasteiger partial charge in [0.1, 0.15) is 0 Å². The SMILES string of the molecule is CC1CCCCC(O)(P)CC1. The molecule has 0 aromatic carbocycles. The average molecular weight is 174 g/mol. The Bertz CT molecular complexity index is 123. The fourth-order valence-corrected chi connectivity index (χ4v) is 2.06. The van der Waals surface area contributed by atoms with Crippen molar-refractivity contribution >= 4 is 9.24 Å². The topological polar surface area (TPSA) is 20.2 Å². The Balaban J connectivity index is 2.38. The lowest BCUT2D eigenvalue weighted by Crippen LogP contribution is -2.22. The van der Waals surface area contributed by atoms with Crippen molar-refractivity contribution in [2.24, 2.45) is 5.92 Å². The maximum atomic E-state index is 9.76. The Hall–Kier alpha value is 0.390. The Labute approximate surface area is 71.8 Å². The highest BCUT2D eigenvalue weighted by Gasteiger charge is 2.22. The van der Waals surface area contributed by atoms with Crippen LogP contribution in [0.4, 0.5) is 0 Å². The summed E-state index contributed by atoms with van der Waals surface area (Å²) in [6, 6.07) is 0. The van der Waals surface area contributed by atoms with Gasteiger partial charge in [0, 0.05) is 0 Å². The van der Waals surface area contributed by atoms with Crippen LogP contribution in [0.3, 0.4) is 0 Å². The molecule has 0 aromatic heterocycles. The van der Waals surface area contributed by atoms with Crippen LogP contribution in [0.1, 0.15) is 45.4 Å². The van der Waals surface area contributed by atoms with E-state index in [4.69, 9.17) is 0 Å². The fourth-order valence-electron chi connectivity index (χ4n) is 1.69. The summed E-state index contributed by atoms with van der Waals surface area (Å²) in [5.41, 5.74) is 0. The molecule has 3 atom stereocenters. The van der Waals surface area contributed by atoms with E-state index in [-0.39, 0.29) is 0 Å². The van der Waals surface area contributed by atoms with Gasteiger partial charge < -0.3 is 5.11 Å². The van der Waals surface area contributed by atoms with Gasteiger partial charge in [-0.15, -0.1) is 9.24 Å². The summed E-state index contributed by atoms with van der Waals surface area (Å²) < 4.78 is 0. The van der Waals surface area contributed by atoms with Gasteiger partial charge in [-0.25, -0.2) is 0 Å². The van der Waals surface area contributed by atoms with E-state index in [1.54, 1.807) is 0 Å². The predicted octanol–water partition coefficient (Wildman–Crippen LogP) is 2.54. The molecule has 1 nitrogen and oxygen atoms in total. The highest BCUT2D eigenvalue weighted by atomic mass is 31.0. The minimum Gasteiger partial charge on any atom is -0.386 e. The zero-order valence-electron chi connectivity index (χ0n) is 7.34. The van der Waals surface area contributed by atoms with Gasteiger partial charge in [-0.2, -0.15) is 0 Å². The van der Waals surface area contributed by atoms with Gasteiger partial charge in [0.15, 0.2) is 0 Å². The first kappa shape index (κ1) is 9.48. The third-order valence-corrected chi connectivity index (χ3v) is 3.20. The number of aliphatic hydroxyl groups is 1. The van der Waals surface area contributed by atoms with Crippen molar-refractivity contribution in [1.82, 2.24) is 0 Å². The van der Waals surface area contributed by atoms with Crippen LogP contribution in [0.25, 0.3) is 0 Å². The Kier molecular flexibility index (Phi) is 3.33. The largest absolute Gasteiger partial charge is 0.386 e. The van der Waals surface area contributed by atoms with Crippen LogP contribution in [0.15, 0.2) is 0 Å². The summed E-state index contributed by atoms with van der Waals surface area (Å²) in [6.07, 6.45) is 6.92. The van der Waals surface area contributed by atoms with Gasteiger partial charge in [-0.1, -0.05) is 26.2 Å². The minimum absolute atomic E-state index is 0.450. The quantitative estimate of drug-likeness (QED) is 0.559. The van der Waals surface area contributed by atoms with Crippen molar-refractivity contribution < 1.29 is 5.11 Å². The monoisotopic (exact) mass is 174 g/mol. The van der Waals surface area contributed by atoms with Crippen molar-refractivity contribution in [3.8, 4) is 0 Å². The number of hydrogen-bond acceptors (Lipinski definition) is 1. The Morgan fingerprint density at radius 2 is 2.00 bits per heavy atom. The first-order chi connectivity index (χ1) is 5.10. The molecule has 0 amide bonds. The molecule has 66 valence electrons. The summed E-state index contributed by atoms with van der Waals surface area (Å²) in [6.45, 7) is 2.28. The lowest BCUT2D eigenvalue weighted by Gasteiger charge is -2.27. The molecule has 2 heteroatoms. The number of hydrogen-bond donors (Lipinski definition) is 1. The van der Waals surface area contributed by atoms with Crippen molar-refractivity contribution in [1.29, 1.82) is 0 Å². The van der Waals surface area contributed by atoms with E-state index in [2.05, 4.69) is 16.2 Å². The van der Waals surface area contributed by atoms with Crippen molar-refractivity contribution in [3.05, 3.63) is 0 Å². The molecule has 1 rings (SSSR count). The first-order valence-corrected chi connectivity index (χ1v) is 5.19. The lowest BCUT2D eigenvalue weighted by atomic mass is 9.91. The summed E-state index contributed by atoms with van der Waals surface area (Å²) in [5, 5.41) is 9.31. The van der Waals surface area contributed by atoms with E-state index < -0.39 is 5.34 Å². The van der Waals surface area contributed by atoms with Crippen LogP contribution in [-0.2, 0) is 0 Å². The van der Waals surface area contributed by atoms with E-state index in [9.17, 15) is 5.11 Å².